The summed E-state index contributed by atoms with van der Waals surface area (Å²) in [6.45, 7) is 3.97. The van der Waals surface area contributed by atoms with Crippen molar-refractivity contribution in [1.29, 1.82) is 0 Å². The van der Waals surface area contributed by atoms with Crippen LogP contribution in [0.15, 0.2) is 65.1 Å². The lowest BCUT2D eigenvalue weighted by atomic mass is 10.0. The van der Waals surface area contributed by atoms with Crippen molar-refractivity contribution >= 4 is 38.5 Å². The van der Waals surface area contributed by atoms with E-state index in [1.54, 1.807) is 54.6 Å². The van der Waals surface area contributed by atoms with E-state index in [2.05, 4.69) is 0 Å². The van der Waals surface area contributed by atoms with Crippen LogP contribution in [0.3, 0.4) is 0 Å². The molecule has 0 unspecified atom stereocenters. The first-order valence-corrected chi connectivity index (χ1v) is 11.4. The Hall–Kier alpha value is -1.60. The molecule has 0 aromatic heterocycles. The highest BCUT2D eigenvalue weighted by molar-refractivity contribution is 8.14. The van der Waals surface area contributed by atoms with Crippen molar-refractivity contribution < 1.29 is 13.2 Å². The molecule has 4 nitrogen and oxygen atoms in total. The van der Waals surface area contributed by atoms with Gasteiger partial charge in [0.2, 0.25) is 15.1 Å². The molecule has 0 saturated carbocycles. The average Bonchev–Trinajstić information content (AvgIpc) is 3.09. The number of carbonyl (C=O) groups is 1. The lowest BCUT2D eigenvalue weighted by Crippen LogP contribution is -2.33. The van der Waals surface area contributed by atoms with Gasteiger partial charge in [-0.3, -0.25) is 4.79 Å². The molecule has 7 heteroatoms. The van der Waals surface area contributed by atoms with Gasteiger partial charge in [-0.2, -0.15) is 4.31 Å². The SMILES string of the molecule is CCSC(=O)C1=CCN(S(=O)(=O)c2ccc(C)cc2)[C@H]1c1ccc(Cl)cc1. The molecule has 0 bridgehead atoms. The van der Waals surface area contributed by atoms with Crippen LogP contribution in [-0.4, -0.2) is 30.1 Å². The molecule has 2 aromatic carbocycles. The van der Waals surface area contributed by atoms with Crippen molar-refractivity contribution in [2.75, 3.05) is 12.3 Å². The third-order valence-corrected chi connectivity index (χ3v) is 7.28. The average molecular weight is 422 g/mol. The van der Waals surface area contributed by atoms with E-state index < -0.39 is 16.1 Å². The van der Waals surface area contributed by atoms with Crippen LogP contribution in [0.2, 0.25) is 5.02 Å². The fourth-order valence-corrected chi connectivity index (χ4v) is 5.33. The minimum Gasteiger partial charge on any atom is -0.282 e. The number of hydrogen-bond donors (Lipinski definition) is 0. The Labute approximate surface area is 169 Å². The van der Waals surface area contributed by atoms with E-state index in [0.29, 0.717) is 16.3 Å². The number of benzene rings is 2. The molecule has 27 heavy (non-hydrogen) atoms. The van der Waals surface area contributed by atoms with Crippen LogP contribution < -0.4 is 0 Å². The van der Waals surface area contributed by atoms with E-state index in [0.717, 1.165) is 11.1 Å². The molecule has 0 saturated heterocycles. The zero-order valence-electron chi connectivity index (χ0n) is 15.1. The Kier molecular flexibility index (Phi) is 6.11. The van der Waals surface area contributed by atoms with Crippen LogP contribution in [0.4, 0.5) is 0 Å². The van der Waals surface area contributed by atoms with Gasteiger partial charge >= 0.3 is 0 Å². The van der Waals surface area contributed by atoms with Gasteiger partial charge in [0.15, 0.2) is 0 Å². The predicted octanol–water partition coefficient (Wildman–Crippen LogP) is 4.60. The minimum atomic E-state index is -3.76. The highest BCUT2D eigenvalue weighted by atomic mass is 35.5. The standard InChI is InChI=1S/C20H20ClNO3S2/c1-3-26-20(23)18-12-13-22(19(18)15-6-8-16(21)9-7-15)27(24,25)17-10-4-14(2)5-11-17/h4-12,19H,3,13H2,1-2H3/t19-/m0/s1. The Morgan fingerprint density at radius 2 is 1.78 bits per heavy atom. The molecule has 3 rings (SSSR count). The van der Waals surface area contributed by atoms with E-state index in [4.69, 9.17) is 11.6 Å². The molecule has 2 aromatic rings. The van der Waals surface area contributed by atoms with Gasteiger partial charge in [0.1, 0.15) is 0 Å². The first-order chi connectivity index (χ1) is 12.8. The summed E-state index contributed by atoms with van der Waals surface area (Å²) in [7, 11) is -3.76. The maximum atomic E-state index is 13.3. The first kappa shape index (κ1) is 20.1. The van der Waals surface area contributed by atoms with Gasteiger partial charge < -0.3 is 0 Å². The van der Waals surface area contributed by atoms with Crippen molar-refractivity contribution in [2.24, 2.45) is 0 Å². The molecule has 142 valence electrons. The van der Waals surface area contributed by atoms with Gasteiger partial charge in [-0.15, -0.1) is 0 Å². The molecular formula is C20H20ClNO3S2. The van der Waals surface area contributed by atoms with Crippen LogP contribution in [-0.2, 0) is 14.8 Å². The maximum Gasteiger partial charge on any atom is 0.244 e. The number of carbonyl (C=O) groups excluding carboxylic acids is 1. The molecule has 0 aliphatic carbocycles. The van der Waals surface area contributed by atoms with E-state index >= 15 is 0 Å². The van der Waals surface area contributed by atoms with Gasteiger partial charge in [0.25, 0.3) is 0 Å². The van der Waals surface area contributed by atoms with E-state index in [1.807, 2.05) is 13.8 Å². The number of nitrogens with zero attached hydrogens (tertiary/aromatic N) is 1. The van der Waals surface area contributed by atoms with Gasteiger partial charge in [-0.05, 0) is 42.5 Å². The number of halogens is 1. The zero-order chi connectivity index (χ0) is 19.6. The number of rotatable bonds is 5. The normalized spacial score (nSPS) is 17.7. The fourth-order valence-electron chi connectivity index (χ4n) is 3.04. The molecule has 1 atom stereocenters. The lowest BCUT2D eigenvalue weighted by Gasteiger charge is -2.26. The molecule has 0 N–H and O–H groups in total. The van der Waals surface area contributed by atoms with Gasteiger partial charge in [0, 0.05) is 17.1 Å². The van der Waals surface area contributed by atoms with Gasteiger partial charge in [0.05, 0.1) is 10.9 Å². The summed E-state index contributed by atoms with van der Waals surface area (Å²) >= 11 is 7.17. The smallest absolute Gasteiger partial charge is 0.244 e. The quantitative estimate of drug-likeness (QED) is 0.707. The highest BCUT2D eigenvalue weighted by Crippen LogP contribution is 2.39. The van der Waals surface area contributed by atoms with E-state index in [9.17, 15) is 13.2 Å². The van der Waals surface area contributed by atoms with Gasteiger partial charge in [-0.1, -0.05) is 66.2 Å². The zero-order valence-corrected chi connectivity index (χ0v) is 17.4. The van der Waals surface area contributed by atoms with Crippen LogP contribution in [0, 0.1) is 6.92 Å². The van der Waals surface area contributed by atoms with E-state index in [1.165, 1.54) is 16.1 Å². The molecule has 0 amide bonds. The Bertz CT molecular complexity index is 967. The van der Waals surface area contributed by atoms with Crippen LogP contribution in [0.1, 0.15) is 24.1 Å². The fraction of sp³-hybridized carbons (Fsp3) is 0.250. The van der Waals surface area contributed by atoms with Crippen molar-refractivity contribution in [2.45, 2.75) is 24.8 Å². The summed E-state index contributed by atoms with van der Waals surface area (Å²) in [6.07, 6.45) is 1.72. The van der Waals surface area contributed by atoms with Crippen molar-refractivity contribution in [1.82, 2.24) is 4.31 Å². The largest absolute Gasteiger partial charge is 0.282 e. The third kappa shape index (κ3) is 4.14. The second-order valence-electron chi connectivity index (χ2n) is 6.22. The van der Waals surface area contributed by atoms with Crippen LogP contribution >= 0.6 is 23.4 Å². The molecule has 1 heterocycles. The number of hydrogen-bond acceptors (Lipinski definition) is 4. The Morgan fingerprint density at radius 3 is 2.37 bits per heavy atom. The molecular weight excluding hydrogens is 402 g/mol. The van der Waals surface area contributed by atoms with Crippen LogP contribution in [0.25, 0.3) is 0 Å². The van der Waals surface area contributed by atoms with E-state index in [-0.39, 0.29) is 16.6 Å². The Morgan fingerprint density at radius 1 is 1.15 bits per heavy atom. The summed E-state index contributed by atoms with van der Waals surface area (Å²) in [6, 6.07) is 13.1. The Balaban J connectivity index is 2.05. The summed E-state index contributed by atoms with van der Waals surface area (Å²) in [4.78, 5) is 12.8. The maximum absolute atomic E-state index is 13.3. The summed E-state index contributed by atoms with van der Waals surface area (Å²) < 4.78 is 27.9. The van der Waals surface area contributed by atoms with Crippen molar-refractivity contribution in [3.63, 3.8) is 0 Å². The summed E-state index contributed by atoms with van der Waals surface area (Å²) in [5, 5.41) is 0.462. The predicted molar refractivity (Wildman–Crippen MR) is 110 cm³/mol. The molecule has 1 aliphatic heterocycles. The third-order valence-electron chi connectivity index (χ3n) is 4.40. The van der Waals surface area contributed by atoms with Crippen molar-refractivity contribution in [3.8, 4) is 0 Å². The topological polar surface area (TPSA) is 54.5 Å². The van der Waals surface area contributed by atoms with Crippen molar-refractivity contribution in [3.05, 3.63) is 76.3 Å². The lowest BCUT2D eigenvalue weighted by molar-refractivity contribution is -0.108. The molecule has 1 aliphatic rings. The number of sulfonamides is 1. The minimum absolute atomic E-state index is 0.0981. The number of aryl methyl sites for hydroxylation is 1. The second-order valence-corrected chi connectivity index (χ2v) is 9.79. The molecule has 0 spiro atoms. The van der Waals surface area contributed by atoms with Crippen LogP contribution in [0.5, 0.6) is 0 Å². The summed E-state index contributed by atoms with van der Waals surface area (Å²) in [5.41, 5.74) is 2.21. The van der Waals surface area contributed by atoms with Gasteiger partial charge in [-0.25, -0.2) is 8.42 Å². The second kappa shape index (κ2) is 8.19. The highest BCUT2D eigenvalue weighted by Gasteiger charge is 2.40. The number of thioether (sulfide) groups is 1. The molecule has 0 fully saturated rings. The summed E-state index contributed by atoms with van der Waals surface area (Å²) in [5.74, 6) is 0.633. The molecule has 0 radical (unpaired) electrons. The monoisotopic (exact) mass is 421 g/mol. The first-order valence-electron chi connectivity index (χ1n) is 8.55.